The Hall–Kier alpha value is -2.54. The van der Waals surface area contributed by atoms with Crippen LogP contribution >= 0.6 is 15.9 Å². The van der Waals surface area contributed by atoms with E-state index in [4.69, 9.17) is 4.74 Å². The van der Waals surface area contributed by atoms with Crippen LogP contribution < -0.4 is 10.2 Å². The van der Waals surface area contributed by atoms with Gasteiger partial charge in [-0.15, -0.1) is 0 Å². The van der Waals surface area contributed by atoms with Crippen LogP contribution in [0.3, 0.4) is 0 Å². The number of hydrogen-bond donors (Lipinski definition) is 3. The molecule has 0 saturated heterocycles. The number of amides is 1. The molecule has 2 aromatic rings. The highest BCUT2D eigenvalue weighted by molar-refractivity contribution is 9.10. The number of phenols is 2. The molecule has 0 unspecified atom stereocenters. The molecule has 0 aromatic heterocycles. The van der Waals surface area contributed by atoms with Crippen molar-refractivity contribution in [1.82, 2.24) is 5.43 Å². The van der Waals surface area contributed by atoms with Crippen molar-refractivity contribution < 1.29 is 19.7 Å². The fourth-order valence-corrected chi connectivity index (χ4v) is 2.03. The monoisotopic (exact) mass is 364 g/mol. The largest absolute Gasteiger partial charge is 0.508 e. The molecule has 0 spiro atoms. The molecule has 7 heteroatoms. The normalized spacial score (nSPS) is 10.6. The summed E-state index contributed by atoms with van der Waals surface area (Å²) in [6.45, 7) is 0. The number of halogens is 1. The van der Waals surface area contributed by atoms with Crippen LogP contribution in [0.25, 0.3) is 0 Å². The van der Waals surface area contributed by atoms with E-state index in [0.29, 0.717) is 5.75 Å². The first-order valence-corrected chi connectivity index (χ1v) is 6.99. The predicted molar refractivity (Wildman–Crippen MR) is 85.5 cm³/mol. The average Bonchev–Trinajstić information content (AvgIpc) is 2.49. The Bertz CT molecular complexity index is 731. The molecule has 0 saturated carbocycles. The fraction of sp³-hybridized carbons (Fsp3) is 0.0667. The van der Waals surface area contributed by atoms with Gasteiger partial charge in [0, 0.05) is 16.1 Å². The number of methoxy groups -OCH3 is 1. The molecule has 2 aromatic carbocycles. The molecular formula is C15H13BrN2O4. The van der Waals surface area contributed by atoms with Crippen LogP contribution in [0.4, 0.5) is 0 Å². The van der Waals surface area contributed by atoms with E-state index in [2.05, 4.69) is 26.5 Å². The SMILES string of the molecule is COc1ccc(Br)c(/C=N\NC(=O)c2ccc(O)cc2O)c1. The first-order chi connectivity index (χ1) is 10.5. The molecule has 0 fully saturated rings. The van der Waals surface area contributed by atoms with Gasteiger partial charge in [0.15, 0.2) is 0 Å². The molecule has 0 aliphatic carbocycles. The van der Waals surface area contributed by atoms with Crippen molar-refractivity contribution in [2.75, 3.05) is 7.11 Å². The Kier molecular flexibility index (Phi) is 5.00. The quantitative estimate of drug-likeness (QED) is 0.574. The van der Waals surface area contributed by atoms with E-state index in [1.807, 2.05) is 0 Å². The number of benzene rings is 2. The molecule has 114 valence electrons. The number of carbonyl (C=O) groups excluding carboxylic acids is 1. The van der Waals surface area contributed by atoms with E-state index in [-0.39, 0.29) is 17.1 Å². The van der Waals surface area contributed by atoms with Crippen LogP contribution in [0.15, 0.2) is 46.0 Å². The van der Waals surface area contributed by atoms with Gasteiger partial charge in [-0.2, -0.15) is 5.10 Å². The standard InChI is InChI=1S/C15H13BrN2O4/c1-22-11-3-5-13(16)9(6-11)8-17-18-15(21)12-4-2-10(19)7-14(12)20/h2-8,19-20H,1H3,(H,18,21)/b17-8-. The lowest BCUT2D eigenvalue weighted by Crippen LogP contribution is -2.17. The molecule has 22 heavy (non-hydrogen) atoms. The van der Waals surface area contributed by atoms with Gasteiger partial charge in [-0.3, -0.25) is 4.79 Å². The van der Waals surface area contributed by atoms with Gasteiger partial charge in [0.05, 0.1) is 18.9 Å². The number of aromatic hydroxyl groups is 2. The highest BCUT2D eigenvalue weighted by Gasteiger charge is 2.10. The molecule has 0 bridgehead atoms. The third-order valence-corrected chi connectivity index (χ3v) is 3.52. The molecule has 6 nitrogen and oxygen atoms in total. The maximum atomic E-state index is 11.9. The summed E-state index contributed by atoms with van der Waals surface area (Å²) in [4.78, 5) is 11.9. The smallest absolute Gasteiger partial charge is 0.275 e. The second-order valence-corrected chi connectivity index (χ2v) is 5.14. The summed E-state index contributed by atoms with van der Waals surface area (Å²) < 4.78 is 5.90. The van der Waals surface area contributed by atoms with Crippen LogP contribution in [0.5, 0.6) is 17.2 Å². The molecule has 2 rings (SSSR count). The first kappa shape index (κ1) is 15.8. The second-order valence-electron chi connectivity index (χ2n) is 4.29. The van der Waals surface area contributed by atoms with Gasteiger partial charge in [-0.05, 0) is 30.3 Å². The van der Waals surface area contributed by atoms with Crippen molar-refractivity contribution in [2.24, 2.45) is 5.10 Å². The Labute approximate surface area is 135 Å². The molecular weight excluding hydrogens is 352 g/mol. The summed E-state index contributed by atoms with van der Waals surface area (Å²) >= 11 is 3.36. The molecule has 3 N–H and O–H groups in total. The van der Waals surface area contributed by atoms with Crippen molar-refractivity contribution in [3.63, 3.8) is 0 Å². The Morgan fingerprint density at radius 3 is 2.73 bits per heavy atom. The number of nitrogens with zero attached hydrogens (tertiary/aromatic N) is 1. The van der Waals surface area contributed by atoms with Crippen molar-refractivity contribution >= 4 is 28.1 Å². The van der Waals surface area contributed by atoms with E-state index in [9.17, 15) is 15.0 Å². The number of hydrazone groups is 1. The summed E-state index contributed by atoms with van der Waals surface area (Å²) in [5, 5.41) is 22.6. The Morgan fingerprint density at radius 1 is 1.27 bits per heavy atom. The Balaban J connectivity index is 2.10. The van der Waals surface area contributed by atoms with Crippen molar-refractivity contribution in [3.05, 3.63) is 52.0 Å². The van der Waals surface area contributed by atoms with E-state index in [0.717, 1.165) is 16.1 Å². The summed E-state index contributed by atoms with van der Waals surface area (Å²) in [5.41, 5.74) is 3.03. The van der Waals surface area contributed by atoms with Crippen molar-refractivity contribution in [1.29, 1.82) is 0 Å². The van der Waals surface area contributed by atoms with Gasteiger partial charge < -0.3 is 14.9 Å². The molecule has 0 heterocycles. The van der Waals surface area contributed by atoms with Crippen molar-refractivity contribution in [2.45, 2.75) is 0 Å². The molecule has 0 aliphatic heterocycles. The zero-order valence-electron chi connectivity index (χ0n) is 11.6. The molecule has 0 aliphatic rings. The highest BCUT2D eigenvalue weighted by atomic mass is 79.9. The number of ether oxygens (including phenoxy) is 1. The van der Waals surface area contributed by atoms with Crippen molar-refractivity contribution in [3.8, 4) is 17.2 Å². The predicted octanol–water partition coefficient (Wildman–Crippen LogP) is 2.63. The minimum atomic E-state index is -0.590. The van der Waals surface area contributed by atoms with Gasteiger partial charge in [-0.25, -0.2) is 5.43 Å². The highest BCUT2D eigenvalue weighted by Crippen LogP contribution is 2.22. The van der Waals surface area contributed by atoms with Crippen LogP contribution in [0.2, 0.25) is 0 Å². The maximum absolute atomic E-state index is 11.9. The number of hydrogen-bond acceptors (Lipinski definition) is 5. The molecule has 0 atom stereocenters. The first-order valence-electron chi connectivity index (χ1n) is 6.20. The van der Waals surface area contributed by atoms with Gasteiger partial charge in [0.25, 0.3) is 5.91 Å². The minimum absolute atomic E-state index is 0.0136. The Morgan fingerprint density at radius 2 is 2.05 bits per heavy atom. The fourth-order valence-electron chi connectivity index (χ4n) is 1.68. The van der Waals surface area contributed by atoms with Gasteiger partial charge >= 0.3 is 0 Å². The lowest BCUT2D eigenvalue weighted by atomic mass is 10.2. The van der Waals surface area contributed by atoms with Crippen LogP contribution in [0.1, 0.15) is 15.9 Å². The molecule has 0 radical (unpaired) electrons. The summed E-state index contributed by atoms with van der Waals surface area (Å²) in [7, 11) is 1.56. The lowest BCUT2D eigenvalue weighted by Gasteiger charge is -2.04. The number of rotatable bonds is 4. The van der Waals surface area contributed by atoms with E-state index >= 15 is 0 Å². The van der Waals surface area contributed by atoms with Gasteiger partial charge in [0.1, 0.15) is 17.2 Å². The third kappa shape index (κ3) is 3.76. The lowest BCUT2D eigenvalue weighted by molar-refractivity contribution is 0.0952. The zero-order valence-corrected chi connectivity index (χ0v) is 13.2. The summed E-state index contributed by atoms with van der Waals surface area (Å²) in [6, 6.07) is 9.02. The van der Waals surface area contributed by atoms with Crippen LogP contribution in [-0.2, 0) is 0 Å². The minimum Gasteiger partial charge on any atom is -0.508 e. The second kappa shape index (κ2) is 6.95. The van der Waals surface area contributed by atoms with Gasteiger partial charge in [-0.1, -0.05) is 15.9 Å². The van der Waals surface area contributed by atoms with Crippen LogP contribution in [-0.4, -0.2) is 29.4 Å². The van der Waals surface area contributed by atoms with Gasteiger partial charge in [0.2, 0.25) is 0 Å². The summed E-state index contributed by atoms with van der Waals surface area (Å²) in [5.74, 6) is -0.381. The third-order valence-electron chi connectivity index (χ3n) is 2.80. The van der Waals surface area contributed by atoms with E-state index < -0.39 is 5.91 Å². The summed E-state index contributed by atoms with van der Waals surface area (Å²) in [6.07, 6.45) is 1.45. The van der Waals surface area contributed by atoms with E-state index in [1.54, 1.807) is 25.3 Å². The van der Waals surface area contributed by atoms with E-state index in [1.165, 1.54) is 18.3 Å². The number of carbonyl (C=O) groups is 1. The number of nitrogens with one attached hydrogen (secondary N) is 1. The topological polar surface area (TPSA) is 91.2 Å². The number of phenolic OH excluding ortho intramolecular Hbond substituents is 2. The zero-order chi connectivity index (χ0) is 16.1. The maximum Gasteiger partial charge on any atom is 0.275 e. The average molecular weight is 365 g/mol. The molecule has 1 amide bonds. The van der Waals surface area contributed by atoms with Crippen LogP contribution in [0, 0.1) is 0 Å².